The molecule has 0 bridgehead atoms. The third-order valence-electron chi connectivity index (χ3n) is 2.59. The van der Waals surface area contributed by atoms with E-state index in [-0.39, 0.29) is 12.0 Å². The minimum Gasteiger partial charge on any atom is -0.491 e. The van der Waals surface area contributed by atoms with Gasteiger partial charge in [0, 0.05) is 12.5 Å². The van der Waals surface area contributed by atoms with Gasteiger partial charge in [-0.05, 0) is 17.7 Å². The molecule has 1 rings (SSSR count). The van der Waals surface area contributed by atoms with Crippen molar-refractivity contribution in [2.24, 2.45) is 0 Å². The Balaban J connectivity index is 2.61. The summed E-state index contributed by atoms with van der Waals surface area (Å²) < 4.78 is 10.4. The Labute approximate surface area is 97.0 Å². The first kappa shape index (κ1) is 13.0. The highest BCUT2D eigenvalue weighted by Gasteiger charge is 2.18. The van der Waals surface area contributed by atoms with Gasteiger partial charge in [-0.3, -0.25) is 0 Å². The minimum absolute atomic E-state index is 0.136. The fourth-order valence-electron chi connectivity index (χ4n) is 1.34. The van der Waals surface area contributed by atoms with Gasteiger partial charge in [0.05, 0.1) is 13.2 Å². The SMILES string of the molecule is COCCOc1ccc(C(C)(C)CO)cc1. The number of ether oxygens (including phenoxy) is 2. The van der Waals surface area contributed by atoms with E-state index < -0.39 is 0 Å². The first-order valence-corrected chi connectivity index (χ1v) is 5.43. The van der Waals surface area contributed by atoms with Crippen LogP contribution < -0.4 is 4.74 Å². The van der Waals surface area contributed by atoms with E-state index in [1.807, 2.05) is 38.1 Å². The second kappa shape index (κ2) is 5.87. The van der Waals surface area contributed by atoms with Gasteiger partial charge in [0.15, 0.2) is 0 Å². The molecule has 0 aliphatic rings. The summed E-state index contributed by atoms with van der Waals surface area (Å²) in [6.07, 6.45) is 0. The molecule has 0 amide bonds. The average Bonchev–Trinajstić information content (AvgIpc) is 2.30. The Kier molecular flexibility index (Phi) is 4.77. The second-order valence-electron chi connectivity index (χ2n) is 4.41. The molecule has 0 aromatic heterocycles. The van der Waals surface area contributed by atoms with Gasteiger partial charge in [0.2, 0.25) is 0 Å². The summed E-state index contributed by atoms with van der Waals surface area (Å²) in [6.45, 7) is 5.29. The molecule has 0 aliphatic carbocycles. The third kappa shape index (κ3) is 3.51. The van der Waals surface area contributed by atoms with Crippen molar-refractivity contribution >= 4 is 0 Å². The molecule has 0 saturated heterocycles. The van der Waals surface area contributed by atoms with Gasteiger partial charge in [-0.1, -0.05) is 26.0 Å². The van der Waals surface area contributed by atoms with Crippen LogP contribution in [0.4, 0.5) is 0 Å². The van der Waals surface area contributed by atoms with Crippen LogP contribution in [0.25, 0.3) is 0 Å². The largest absolute Gasteiger partial charge is 0.491 e. The van der Waals surface area contributed by atoms with Gasteiger partial charge in [0.25, 0.3) is 0 Å². The maximum absolute atomic E-state index is 9.24. The summed E-state index contributed by atoms with van der Waals surface area (Å²) in [6, 6.07) is 7.81. The van der Waals surface area contributed by atoms with Crippen LogP contribution in [-0.4, -0.2) is 32.0 Å². The lowest BCUT2D eigenvalue weighted by atomic mass is 9.86. The van der Waals surface area contributed by atoms with E-state index in [2.05, 4.69) is 0 Å². The smallest absolute Gasteiger partial charge is 0.119 e. The van der Waals surface area contributed by atoms with Crippen LogP contribution in [0, 0.1) is 0 Å². The van der Waals surface area contributed by atoms with E-state index in [0.29, 0.717) is 13.2 Å². The fraction of sp³-hybridized carbons (Fsp3) is 0.538. The molecule has 3 nitrogen and oxygen atoms in total. The second-order valence-corrected chi connectivity index (χ2v) is 4.41. The average molecular weight is 224 g/mol. The molecular formula is C13H20O3. The van der Waals surface area contributed by atoms with E-state index >= 15 is 0 Å². The van der Waals surface area contributed by atoms with Crippen molar-refractivity contribution in [3.8, 4) is 5.75 Å². The Hall–Kier alpha value is -1.06. The van der Waals surface area contributed by atoms with Gasteiger partial charge in [-0.2, -0.15) is 0 Å². The lowest BCUT2D eigenvalue weighted by molar-refractivity contribution is 0.146. The van der Waals surface area contributed by atoms with E-state index in [4.69, 9.17) is 9.47 Å². The molecule has 0 heterocycles. The normalized spacial score (nSPS) is 11.5. The van der Waals surface area contributed by atoms with Crippen LogP contribution in [0.3, 0.4) is 0 Å². The van der Waals surface area contributed by atoms with Crippen LogP contribution in [0.2, 0.25) is 0 Å². The first-order valence-electron chi connectivity index (χ1n) is 5.43. The Morgan fingerprint density at radius 3 is 2.25 bits per heavy atom. The van der Waals surface area contributed by atoms with Crippen molar-refractivity contribution in [2.75, 3.05) is 26.9 Å². The minimum atomic E-state index is -0.203. The van der Waals surface area contributed by atoms with Crippen molar-refractivity contribution < 1.29 is 14.6 Å². The third-order valence-corrected chi connectivity index (χ3v) is 2.59. The fourth-order valence-corrected chi connectivity index (χ4v) is 1.34. The predicted octanol–water partition coefficient (Wildman–Crippen LogP) is 1.98. The summed E-state index contributed by atoms with van der Waals surface area (Å²) in [5, 5.41) is 9.24. The molecule has 1 aromatic rings. The van der Waals surface area contributed by atoms with Crippen molar-refractivity contribution in [3.63, 3.8) is 0 Å². The van der Waals surface area contributed by atoms with Crippen LogP contribution >= 0.6 is 0 Å². The lowest BCUT2D eigenvalue weighted by Gasteiger charge is -2.22. The standard InChI is InChI=1S/C13H20O3/c1-13(2,10-14)11-4-6-12(7-5-11)16-9-8-15-3/h4-7,14H,8-10H2,1-3H3. The molecular weight excluding hydrogens is 204 g/mol. The highest BCUT2D eigenvalue weighted by Crippen LogP contribution is 2.24. The number of methoxy groups -OCH3 is 1. The molecule has 1 N–H and O–H groups in total. The zero-order valence-electron chi connectivity index (χ0n) is 10.2. The summed E-state index contributed by atoms with van der Waals surface area (Å²) in [5.41, 5.74) is 0.902. The van der Waals surface area contributed by atoms with E-state index in [1.165, 1.54) is 0 Å². The molecule has 0 saturated carbocycles. The van der Waals surface area contributed by atoms with Crippen LogP contribution in [-0.2, 0) is 10.2 Å². The van der Waals surface area contributed by atoms with Gasteiger partial charge in [-0.25, -0.2) is 0 Å². The van der Waals surface area contributed by atoms with E-state index in [9.17, 15) is 5.11 Å². The first-order chi connectivity index (χ1) is 7.60. The molecule has 90 valence electrons. The van der Waals surface area contributed by atoms with Gasteiger partial charge >= 0.3 is 0 Å². The summed E-state index contributed by atoms with van der Waals surface area (Å²) in [5.74, 6) is 0.828. The molecule has 3 heteroatoms. The highest BCUT2D eigenvalue weighted by molar-refractivity contribution is 5.31. The van der Waals surface area contributed by atoms with Crippen molar-refractivity contribution in [1.82, 2.24) is 0 Å². The Morgan fingerprint density at radius 2 is 1.75 bits per heavy atom. The number of hydrogen-bond acceptors (Lipinski definition) is 3. The quantitative estimate of drug-likeness (QED) is 0.751. The number of aliphatic hydroxyl groups excluding tert-OH is 1. The van der Waals surface area contributed by atoms with Crippen molar-refractivity contribution in [3.05, 3.63) is 29.8 Å². The highest BCUT2D eigenvalue weighted by atomic mass is 16.5. The van der Waals surface area contributed by atoms with Crippen LogP contribution in [0.5, 0.6) is 5.75 Å². The zero-order valence-corrected chi connectivity index (χ0v) is 10.2. The van der Waals surface area contributed by atoms with E-state index in [1.54, 1.807) is 7.11 Å². The number of hydrogen-bond donors (Lipinski definition) is 1. The maximum Gasteiger partial charge on any atom is 0.119 e. The molecule has 0 fully saturated rings. The van der Waals surface area contributed by atoms with Crippen LogP contribution in [0.15, 0.2) is 24.3 Å². The summed E-state index contributed by atoms with van der Waals surface area (Å²) >= 11 is 0. The summed E-state index contributed by atoms with van der Waals surface area (Å²) in [4.78, 5) is 0. The van der Waals surface area contributed by atoms with Crippen LogP contribution in [0.1, 0.15) is 19.4 Å². The monoisotopic (exact) mass is 224 g/mol. The molecule has 0 spiro atoms. The van der Waals surface area contributed by atoms with Gasteiger partial charge in [-0.15, -0.1) is 0 Å². The Bertz CT molecular complexity index is 303. The molecule has 0 atom stereocenters. The molecule has 1 aromatic carbocycles. The maximum atomic E-state index is 9.24. The van der Waals surface area contributed by atoms with Crippen molar-refractivity contribution in [1.29, 1.82) is 0 Å². The lowest BCUT2D eigenvalue weighted by Crippen LogP contribution is -2.21. The molecule has 0 aliphatic heterocycles. The summed E-state index contributed by atoms with van der Waals surface area (Å²) in [7, 11) is 1.65. The van der Waals surface area contributed by atoms with E-state index in [0.717, 1.165) is 11.3 Å². The van der Waals surface area contributed by atoms with Gasteiger partial charge in [0.1, 0.15) is 12.4 Å². The topological polar surface area (TPSA) is 38.7 Å². The van der Waals surface area contributed by atoms with Gasteiger partial charge < -0.3 is 14.6 Å². The Morgan fingerprint density at radius 1 is 1.12 bits per heavy atom. The predicted molar refractivity (Wildman–Crippen MR) is 63.9 cm³/mol. The zero-order chi connectivity index (χ0) is 12.0. The molecule has 0 unspecified atom stereocenters. The van der Waals surface area contributed by atoms with Crippen molar-refractivity contribution in [2.45, 2.75) is 19.3 Å². The number of benzene rings is 1. The molecule has 16 heavy (non-hydrogen) atoms. The number of aliphatic hydroxyl groups is 1. The number of rotatable bonds is 6. The molecule has 0 radical (unpaired) electrons.